The van der Waals surface area contributed by atoms with Gasteiger partial charge in [-0.25, -0.2) is 0 Å². The van der Waals surface area contributed by atoms with E-state index in [9.17, 15) is 22.8 Å². The zero-order valence-corrected chi connectivity index (χ0v) is 14.6. The Kier molecular flexibility index (Phi) is 6.62. The Hall–Kier alpha value is -2.55. The van der Waals surface area contributed by atoms with Crippen LogP contribution in [0.25, 0.3) is 0 Å². The lowest BCUT2D eigenvalue weighted by molar-refractivity contribution is -0.274. The highest BCUT2D eigenvalue weighted by Crippen LogP contribution is 2.23. The SMILES string of the molecule is CC(=O)N[C@@H](CC(=O)NCc1ccc(OC(F)(F)F)cc1)c1cccs1. The molecule has 0 bridgehead atoms. The van der Waals surface area contributed by atoms with Crippen LogP contribution in [0.3, 0.4) is 0 Å². The first-order valence-corrected chi connectivity index (χ1v) is 8.53. The van der Waals surface area contributed by atoms with Gasteiger partial charge in [-0.2, -0.15) is 0 Å². The minimum atomic E-state index is -4.74. The molecule has 1 atom stereocenters. The summed E-state index contributed by atoms with van der Waals surface area (Å²) in [6.45, 7) is 1.53. The monoisotopic (exact) mass is 386 g/mol. The summed E-state index contributed by atoms with van der Waals surface area (Å²) in [5, 5.41) is 7.27. The molecule has 0 spiro atoms. The molecule has 1 aromatic heterocycles. The molecule has 140 valence electrons. The molecule has 1 heterocycles. The number of amides is 2. The average molecular weight is 386 g/mol. The maximum Gasteiger partial charge on any atom is 0.573 e. The van der Waals surface area contributed by atoms with E-state index in [1.165, 1.54) is 42.5 Å². The fraction of sp³-hybridized carbons (Fsp3) is 0.294. The van der Waals surface area contributed by atoms with Crippen molar-refractivity contribution in [3.05, 3.63) is 52.2 Å². The highest BCUT2D eigenvalue weighted by molar-refractivity contribution is 7.10. The maximum absolute atomic E-state index is 12.1. The molecule has 0 unspecified atom stereocenters. The van der Waals surface area contributed by atoms with Gasteiger partial charge in [0.1, 0.15) is 5.75 Å². The van der Waals surface area contributed by atoms with Crippen LogP contribution in [0.1, 0.15) is 29.8 Å². The van der Waals surface area contributed by atoms with Crippen molar-refractivity contribution in [2.75, 3.05) is 0 Å². The number of rotatable bonds is 7. The van der Waals surface area contributed by atoms with Gasteiger partial charge >= 0.3 is 6.36 Å². The Bertz CT molecular complexity index is 731. The van der Waals surface area contributed by atoms with Crippen molar-refractivity contribution in [1.82, 2.24) is 10.6 Å². The summed E-state index contributed by atoms with van der Waals surface area (Å²) in [5.41, 5.74) is 0.625. The van der Waals surface area contributed by atoms with E-state index in [4.69, 9.17) is 0 Å². The average Bonchev–Trinajstić information content (AvgIpc) is 3.06. The summed E-state index contributed by atoms with van der Waals surface area (Å²) >= 11 is 1.43. The van der Waals surface area contributed by atoms with E-state index in [1.54, 1.807) is 0 Å². The third kappa shape index (κ3) is 6.75. The fourth-order valence-electron chi connectivity index (χ4n) is 2.22. The molecule has 26 heavy (non-hydrogen) atoms. The van der Waals surface area contributed by atoms with Gasteiger partial charge < -0.3 is 15.4 Å². The number of halogens is 3. The van der Waals surface area contributed by atoms with Crippen molar-refractivity contribution >= 4 is 23.2 Å². The van der Waals surface area contributed by atoms with Crippen LogP contribution in [-0.4, -0.2) is 18.2 Å². The van der Waals surface area contributed by atoms with Crippen LogP contribution in [0.4, 0.5) is 13.2 Å². The molecular weight excluding hydrogens is 369 g/mol. The number of carbonyl (C=O) groups is 2. The lowest BCUT2D eigenvalue weighted by Crippen LogP contribution is -2.32. The van der Waals surface area contributed by atoms with Gasteiger partial charge in [-0.05, 0) is 29.1 Å². The predicted molar refractivity (Wildman–Crippen MR) is 90.5 cm³/mol. The molecule has 0 aliphatic heterocycles. The van der Waals surface area contributed by atoms with Crippen LogP contribution in [0, 0.1) is 0 Å². The molecule has 9 heteroatoms. The summed E-state index contributed by atoms with van der Waals surface area (Å²) in [4.78, 5) is 24.3. The number of benzene rings is 1. The topological polar surface area (TPSA) is 67.4 Å². The van der Waals surface area contributed by atoms with Crippen LogP contribution in [-0.2, 0) is 16.1 Å². The first-order valence-electron chi connectivity index (χ1n) is 7.65. The Balaban J connectivity index is 1.88. The summed E-state index contributed by atoms with van der Waals surface area (Å²) in [6.07, 6.45) is -4.67. The Morgan fingerprint density at radius 1 is 1.19 bits per heavy atom. The number of ether oxygens (including phenoxy) is 1. The van der Waals surface area contributed by atoms with Crippen LogP contribution >= 0.6 is 11.3 Å². The molecule has 2 N–H and O–H groups in total. The summed E-state index contributed by atoms with van der Waals surface area (Å²) in [5.74, 6) is -0.847. The molecule has 0 aliphatic carbocycles. The lowest BCUT2D eigenvalue weighted by atomic mass is 10.1. The Labute approximate surface area is 152 Å². The minimum Gasteiger partial charge on any atom is -0.406 e. The molecule has 0 radical (unpaired) electrons. The second-order valence-electron chi connectivity index (χ2n) is 5.44. The summed E-state index contributed by atoms with van der Waals surface area (Å²) in [6, 6.07) is 8.48. The number of hydrogen-bond acceptors (Lipinski definition) is 4. The van der Waals surface area contributed by atoms with Crippen molar-refractivity contribution in [2.45, 2.75) is 32.3 Å². The summed E-state index contributed by atoms with van der Waals surface area (Å²) in [7, 11) is 0. The van der Waals surface area contributed by atoms with Crippen LogP contribution in [0.15, 0.2) is 41.8 Å². The number of alkyl halides is 3. The maximum atomic E-state index is 12.1. The quantitative estimate of drug-likeness (QED) is 0.765. The fourth-order valence-corrected chi connectivity index (χ4v) is 3.00. The highest BCUT2D eigenvalue weighted by atomic mass is 32.1. The second kappa shape index (κ2) is 8.70. The lowest BCUT2D eigenvalue weighted by Gasteiger charge is -2.16. The number of thiophene rings is 1. The normalized spacial score (nSPS) is 12.3. The van der Waals surface area contributed by atoms with Gasteiger partial charge in [0, 0.05) is 18.3 Å². The summed E-state index contributed by atoms with van der Waals surface area (Å²) < 4.78 is 40.1. The number of hydrogen-bond donors (Lipinski definition) is 2. The van der Waals surface area contributed by atoms with Gasteiger partial charge in [0.2, 0.25) is 11.8 Å². The van der Waals surface area contributed by atoms with Crippen LogP contribution in [0.5, 0.6) is 5.75 Å². The van der Waals surface area contributed by atoms with Crippen molar-refractivity contribution in [3.8, 4) is 5.75 Å². The molecule has 1 aromatic carbocycles. The van der Waals surface area contributed by atoms with Gasteiger partial charge in [0.05, 0.1) is 12.5 Å². The first-order chi connectivity index (χ1) is 12.2. The molecule has 0 saturated heterocycles. The van der Waals surface area contributed by atoms with Crippen LogP contribution < -0.4 is 15.4 Å². The molecule has 2 aromatic rings. The molecule has 0 aliphatic rings. The zero-order chi connectivity index (χ0) is 19.2. The standard InChI is InChI=1S/C17H17F3N2O3S/c1-11(23)22-14(15-3-2-8-26-15)9-16(24)21-10-12-4-6-13(7-5-12)25-17(18,19)20/h2-8,14H,9-10H2,1H3,(H,21,24)(H,22,23)/t14-/m0/s1. The van der Waals surface area contributed by atoms with Gasteiger partial charge in [-0.15, -0.1) is 24.5 Å². The first kappa shape index (κ1) is 19.8. The number of nitrogens with one attached hydrogen (secondary N) is 2. The third-order valence-corrected chi connectivity index (χ3v) is 4.29. The second-order valence-corrected chi connectivity index (χ2v) is 6.42. The molecule has 2 amide bonds. The van der Waals surface area contributed by atoms with E-state index >= 15 is 0 Å². The van der Waals surface area contributed by atoms with Crippen molar-refractivity contribution in [3.63, 3.8) is 0 Å². The molecule has 5 nitrogen and oxygen atoms in total. The van der Waals surface area contributed by atoms with E-state index < -0.39 is 12.4 Å². The minimum absolute atomic E-state index is 0.0648. The predicted octanol–water partition coefficient (Wildman–Crippen LogP) is 3.53. The largest absolute Gasteiger partial charge is 0.573 e. The molecule has 2 rings (SSSR count). The molecule has 0 saturated carbocycles. The Morgan fingerprint density at radius 3 is 2.42 bits per heavy atom. The van der Waals surface area contributed by atoms with E-state index in [1.807, 2.05) is 17.5 Å². The molecule has 0 fully saturated rings. The van der Waals surface area contributed by atoms with E-state index in [0.717, 1.165) is 4.88 Å². The van der Waals surface area contributed by atoms with Crippen LogP contribution in [0.2, 0.25) is 0 Å². The molecular formula is C17H17F3N2O3S. The van der Waals surface area contributed by atoms with E-state index in [0.29, 0.717) is 5.56 Å². The third-order valence-electron chi connectivity index (χ3n) is 3.30. The van der Waals surface area contributed by atoms with Gasteiger partial charge in [0.15, 0.2) is 0 Å². The zero-order valence-electron chi connectivity index (χ0n) is 13.8. The van der Waals surface area contributed by atoms with Crippen molar-refractivity contribution < 1.29 is 27.5 Å². The highest BCUT2D eigenvalue weighted by Gasteiger charge is 2.30. The van der Waals surface area contributed by atoms with Crippen molar-refractivity contribution in [2.24, 2.45) is 0 Å². The van der Waals surface area contributed by atoms with E-state index in [-0.39, 0.29) is 30.5 Å². The Morgan fingerprint density at radius 2 is 1.88 bits per heavy atom. The van der Waals surface area contributed by atoms with Gasteiger partial charge in [0.25, 0.3) is 0 Å². The van der Waals surface area contributed by atoms with Gasteiger partial charge in [-0.1, -0.05) is 18.2 Å². The van der Waals surface area contributed by atoms with E-state index in [2.05, 4.69) is 15.4 Å². The van der Waals surface area contributed by atoms with Gasteiger partial charge in [-0.3, -0.25) is 9.59 Å². The smallest absolute Gasteiger partial charge is 0.406 e. The van der Waals surface area contributed by atoms with Crippen molar-refractivity contribution in [1.29, 1.82) is 0 Å². The number of carbonyl (C=O) groups excluding carboxylic acids is 2.